The first-order valence-electron chi connectivity index (χ1n) is 5.88. The van der Waals surface area contributed by atoms with Gasteiger partial charge in [-0.15, -0.1) is 0 Å². The molecule has 1 N–H and O–H groups in total. The smallest absolute Gasteiger partial charge is 0.121 e. The Hall–Kier alpha value is -1.57. The quantitative estimate of drug-likeness (QED) is 0.807. The van der Waals surface area contributed by atoms with E-state index in [0.717, 1.165) is 18.9 Å². The number of hydrogen-bond acceptors (Lipinski definition) is 2. The summed E-state index contributed by atoms with van der Waals surface area (Å²) in [6.07, 6.45) is 2.10. The summed E-state index contributed by atoms with van der Waals surface area (Å²) in [6.45, 7) is 7.97. The van der Waals surface area contributed by atoms with E-state index < -0.39 is 0 Å². The lowest BCUT2D eigenvalue weighted by molar-refractivity contribution is 0.961. The number of allylic oxidation sites excluding steroid dienone is 1. The van der Waals surface area contributed by atoms with Gasteiger partial charge < -0.3 is 5.32 Å². The van der Waals surface area contributed by atoms with E-state index in [1.54, 1.807) is 0 Å². The zero-order chi connectivity index (χ0) is 11.8. The maximum absolute atomic E-state index is 4.33. The van der Waals surface area contributed by atoms with Gasteiger partial charge in [-0.1, -0.05) is 44.2 Å². The molecule has 0 radical (unpaired) electrons. The molecule has 0 atom stereocenters. The molecule has 0 bridgehead atoms. The molecule has 0 saturated carbocycles. The van der Waals surface area contributed by atoms with Crippen LogP contribution in [0.25, 0.3) is 5.57 Å². The van der Waals surface area contributed by atoms with E-state index >= 15 is 0 Å². The molecule has 0 amide bonds. The van der Waals surface area contributed by atoms with Crippen LogP contribution in [0.1, 0.15) is 26.3 Å². The van der Waals surface area contributed by atoms with E-state index in [0.29, 0.717) is 0 Å². The standard InChI is InChI=1S/C12H14N2.C2H6/c1-10(9-12-13-7-8-14-12)11-5-3-2-4-6-11;1-2/h2-6,9H,7-8H2,1H3,(H,13,14);1-2H3/b10-9+;. The second kappa shape index (κ2) is 6.83. The van der Waals surface area contributed by atoms with Crippen molar-refractivity contribution in [3.8, 4) is 0 Å². The van der Waals surface area contributed by atoms with Gasteiger partial charge in [-0.2, -0.15) is 0 Å². The lowest BCUT2D eigenvalue weighted by Gasteiger charge is -2.01. The fourth-order valence-electron chi connectivity index (χ4n) is 1.50. The SMILES string of the molecule is C/C(=C\C1=NCCN1)c1ccccc1.CC. The van der Waals surface area contributed by atoms with E-state index in [-0.39, 0.29) is 0 Å². The summed E-state index contributed by atoms with van der Waals surface area (Å²) in [6, 6.07) is 10.4. The highest BCUT2D eigenvalue weighted by Crippen LogP contribution is 2.12. The van der Waals surface area contributed by atoms with Crippen molar-refractivity contribution in [2.24, 2.45) is 4.99 Å². The molecular formula is C14H20N2. The van der Waals surface area contributed by atoms with Crippen LogP contribution >= 0.6 is 0 Å². The summed E-state index contributed by atoms with van der Waals surface area (Å²) >= 11 is 0. The average Bonchev–Trinajstić information content (AvgIpc) is 2.86. The van der Waals surface area contributed by atoms with Crippen LogP contribution in [0.4, 0.5) is 0 Å². The van der Waals surface area contributed by atoms with Gasteiger partial charge in [-0.05, 0) is 24.1 Å². The topological polar surface area (TPSA) is 24.4 Å². The molecule has 2 rings (SSSR count). The molecule has 1 aromatic rings. The highest BCUT2D eigenvalue weighted by molar-refractivity contribution is 5.99. The van der Waals surface area contributed by atoms with Crippen molar-refractivity contribution in [2.45, 2.75) is 20.8 Å². The van der Waals surface area contributed by atoms with Crippen molar-refractivity contribution in [3.05, 3.63) is 42.0 Å². The van der Waals surface area contributed by atoms with E-state index in [9.17, 15) is 0 Å². The van der Waals surface area contributed by atoms with Crippen molar-refractivity contribution < 1.29 is 0 Å². The molecule has 0 saturated heterocycles. The summed E-state index contributed by atoms with van der Waals surface area (Å²) in [5.41, 5.74) is 2.50. The van der Waals surface area contributed by atoms with Crippen molar-refractivity contribution in [1.82, 2.24) is 5.32 Å². The number of benzene rings is 1. The third-order valence-electron chi connectivity index (χ3n) is 2.28. The predicted molar refractivity (Wildman–Crippen MR) is 71.7 cm³/mol. The number of hydrogen-bond donors (Lipinski definition) is 1. The third-order valence-corrected chi connectivity index (χ3v) is 2.28. The summed E-state index contributed by atoms with van der Waals surface area (Å²) in [5.74, 6) is 1.01. The molecule has 0 fully saturated rings. The molecule has 0 aliphatic carbocycles. The minimum Gasteiger partial charge on any atom is -0.369 e. The second-order valence-corrected chi connectivity index (χ2v) is 3.39. The fourth-order valence-corrected chi connectivity index (χ4v) is 1.50. The maximum Gasteiger partial charge on any atom is 0.121 e. The summed E-state index contributed by atoms with van der Waals surface area (Å²) in [5, 5.41) is 3.23. The Bertz CT molecular complexity index is 364. The van der Waals surface area contributed by atoms with E-state index in [2.05, 4.69) is 47.6 Å². The Morgan fingerprint density at radius 1 is 1.25 bits per heavy atom. The predicted octanol–water partition coefficient (Wildman–Crippen LogP) is 3.12. The summed E-state index contributed by atoms with van der Waals surface area (Å²) in [7, 11) is 0. The van der Waals surface area contributed by atoms with E-state index in [4.69, 9.17) is 0 Å². The van der Waals surface area contributed by atoms with Crippen molar-refractivity contribution in [2.75, 3.05) is 13.1 Å². The summed E-state index contributed by atoms with van der Waals surface area (Å²) < 4.78 is 0. The van der Waals surface area contributed by atoms with Gasteiger partial charge in [0.1, 0.15) is 5.84 Å². The minimum absolute atomic E-state index is 0.897. The van der Waals surface area contributed by atoms with Crippen molar-refractivity contribution in [3.63, 3.8) is 0 Å². The van der Waals surface area contributed by atoms with Crippen molar-refractivity contribution in [1.29, 1.82) is 0 Å². The lowest BCUT2D eigenvalue weighted by atomic mass is 10.1. The number of rotatable bonds is 2. The van der Waals surface area contributed by atoms with Crippen LogP contribution in [0.5, 0.6) is 0 Å². The third kappa shape index (κ3) is 3.54. The van der Waals surface area contributed by atoms with Gasteiger partial charge in [0.05, 0.1) is 6.54 Å². The first-order valence-corrected chi connectivity index (χ1v) is 5.88. The number of nitrogens with zero attached hydrogens (tertiary/aromatic N) is 1. The largest absolute Gasteiger partial charge is 0.369 e. The van der Waals surface area contributed by atoms with Crippen LogP contribution in [0.15, 0.2) is 41.4 Å². The molecule has 1 heterocycles. The molecule has 1 aliphatic heterocycles. The molecule has 0 spiro atoms. The molecule has 16 heavy (non-hydrogen) atoms. The Kier molecular flexibility index (Phi) is 5.34. The number of aliphatic imine (C=N–C) groups is 1. The van der Waals surface area contributed by atoms with Crippen LogP contribution in [0, 0.1) is 0 Å². The molecule has 1 aliphatic rings. The zero-order valence-corrected chi connectivity index (χ0v) is 10.3. The number of amidine groups is 1. The second-order valence-electron chi connectivity index (χ2n) is 3.39. The van der Waals surface area contributed by atoms with Crippen LogP contribution in [0.3, 0.4) is 0 Å². The van der Waals surface area contributed by atoms with E-state index in [1.165, 1.54) is 11.1 Å². The van der Waals surface area contributed by atoms with Gasteiger partial charge in [-0.3, -0.25) is 4.99 Å². The monoisotopic (exact) mass is 216 g/mol. The first kappa shape index (κ1) is 12.5. The van der Waals surface area contributed by atoms with Gasteiger partial charge in [-0.25, -0.2) is 0 Å². The van der Waals surface area contributed by atoms with Crippen LogP contribution in [-0.4, -0.2) is 18.9 Å². The lowest BCUT2D eigenvalue weighted by Crippen LogP contribution is -2.16. The van der Waals surface area contributed by atoms with Crippen LogP contribution in [0.2, 0.25) is 0 Å². The minimum atomic E-state index is 0.897. The molecule has 86 valence electrons. The summed E-state index contributed by atoms with van der Waals surface area (Å²) in [4.78, 5) is 4.33. The normalized spacial score (nSPS) is 14.7. The fraction of sp³-hybridized carbons (Fsp3) is 0.357. The maximum atomic E-state index is 4.33. The Labute approximate surface area is 98.1 Å². The average molecular weight is 216 g/mol. The van der Waals surface area contributed by atoms with Crippen LogP contribution in [-0.2, 0) is 0 Å². The Balaban J connectivity index is 0.000000606. The van der Waals surface area contributed by atoms with Crippen LogP contribution < -0.4 is 5.32 Å². The highest BCUT2D eigenvalue weighted by atomic mass is 15.1. The van der Waals surface area contributed by atoms with Gasteiger partial charge in [0, 0.05) is 6.54 Å². The zero-order valence-electron chi connectivity index (χ0n) is 10.3. The Morgan fingerprint density at radius 3 is 2.50 bits per heavy atom. The Morgan fingerprint density at radius 2 is 1.94 bits per heavy atom. The molecule has 2 nitrogen and oxygen atoms in total. The first-order chi connectivity index (χ1) is 7.86. The van der Waals surface area contributed by atoms with Gasteiger partial charge in [0.25, 0.3) is 0 Å². The van der Waals surface area contributed by atoms with Gasteiger partial charge in [0.2, 0.25) is 0 Å². The molecular weight excluding hydrogens is 196 g/mol. The van der Waals surface area contributed by atoms with Gasteiger partial charge in [0.15, 0.2) is 0 Å². The molecule has 0 aromatic heterocycles. The molecule has 0 unspecified atom stereocenters. The van der Waals surface area contributed by atoms with Gasteiger partial charge >= 0.3 is 0 Å². The molecule has 2 heteroatoms. The highest BCUT2D eigenvalue weighted by Gasteiger charge is 2.02. The molecule has 1 aromatic carbocycles. The number of nitrogens with one attached hydrogen (secondary N) is 1. The van der Waals surface area contributed by atoms with E-state index in [1.807, 2.05) is 19.9 Å². The van der Waals surface area contributed by atoms with Crippen molar-refractivity contribution >= 4 is 11.4 Å².